The third-order valence-corrected chi connectivity index (χ3v) is 2.32. The molecule has 0 saturated heterocycles. The second kappa shape index (κ2) is 4.24. The van der Waals surface area contributed by atoms with Crippen LogP contribution in [-0.4, -0.2) is 10.1 Å². The Hall–Kier alpha value is -1.67. The summed E-state index contributed by atoms with van der Waals surface area (Å²) >= 11 is 0. The van der Waals surface area contributed by atoms with E-state index in [0.29, 0.717) is 0 Å². The third-order valence-electron chi connectivity index (χ3n) is 2.32. The zero-order valence-corrected chi connectivity index (χ0v) is 8.64. The van der Waals surface area contributed by atoms with Crippen molar-refractivity contribution in [1.82, 2.24) is 4.98 Å². The van der Waals surface area contributed by atoms with Gasteiger partial charge in [-0.15, -0.1) is 0 Å². The SMILES string of the molecule is Cc1cccc(-c2ccc(CO)cc2)n1. The minimum Gasteiger partial charge on any atom is -0.392 e. The van der Waals surface area contributed by atoms with Crippen LogP contribution in [0.1, 0.15) is 11.3 Å². The van der Waals surface area contributed by atoms with E-state index in [1.165, 1.54) is 0 Å². The van der Waals surface area contributed by atoms with Gasteiger partial charge in [0.05, 0.1) is 12.3 Å². The predicted octanol–water partition coefficient (Wildman–Crippen LogP) is 2.55. The van der Waals surface area contributed by atoms with Crippen LogP contribution in [0.5, 0.6) is 0 Å². The van der Waals surface area contributed by atoms with E-state index in [1.54, 1.807) is 0 Å². The van der Waals surface area contributed by atoms with E-state index < -0.39 is 0 Å². The van der Waals surface area contributed by atoms with Crippen LogP contribution in [0.2, 0.25) is 0 Å². The van der Waals surface area contributed by atoms with Crippen molar-refractivity contribution in [3.63, 3.8) is 0 Å². The lowest BCUT2D eigenvalue weighted by atomic mass is 10.1. The van der Waals surface area contributed by atoms with Gasteiger partial charge in [0.15, 0.2) is 0 Å². The molecule has 0 bridgehead atoms. The third kappa shape index (κ3) is 2.22. The van der Waals surface area contributed by atoms with Crippen LogP contribution >= 0.6 is 0 Å². The largest absolute Gasteiger partial charge is 0.392 e. The molecular weight excluding hydrogens is 186 g/mol. The van der Waals surface area contributed by atoms with Gasteiger partial charge < -0.3 is 5.11 Å². The van der Waals surface area contributed by atoms with Crippen molar-refractivity contribution < 1.29 is 5.11 Å². The summed E-state index contributed by atoms with van der Waals surface area (Å²) in [4.78, 5) is 4.44. The molecule has 1 N–H and O–H groups in total. The van der Waals surface area contributed by atoms with Gasteiger partial charge >= 0.3 is 0 Å². The highest BCUT2D eigenvalue weighted by Crippen LogP contribution is 2.17. The molecule has 2 aromatic rings. The van der Waals surface area contributed by atoms with Crippen molar-refractivity contribution in [2.45, 2.75) is 13.5 Å². The number of hydrogen-bond donors (Lipinski definition) is 1. The Morgan fingerprint density at radius 2 is 1.80 bits per heavy atom. The molecule has 1 aromatic heterocycles. The van der Waals surface area contributed by atoms with Crippen LogP contribution in [0.4, 0.5) is 0 Å². The fourth-order valence-corrected chi connectivity index (χ4v) is 1.48. The van der Waals surface area contributed by atoms with E-state index in [9.17, 15) is 0 Å². The summed E-state index contributed by atoms with van der Waals surface area (Å²) in [5, 5.41) is 8.93. The summed E-state index contributed by atoms with van der Waals surface area (Å²) in [6, 6.07) is 13.8. The monoisotopic (exact) mass is 199 g/mol. The zero-order chi connectivity index (χ0) is 10.7. The van der Waals surface area contributed by atoms with Gasteiger partial charge in [0.1, 0.15) is 0 Å². The Labute approximate surface area is 89.2 Å². The summed E-state index contributed by atoms with van der Waals surface area (Å²) in [6.07, 6.45) is 0. The Morgan fingerprint density at radius 1 is 1.07 bits per heavy atom. The normalized spacial score (nSPS) is 10.3. The van der Waals surface area contributed by atoms with Crippen LogP contribution in [0.3, 0.4) is 0 Å². The average Bonchev–Trinajstić information content (AvgIpc) is 2.29. The lowest BCUT2D eigenvalue weighted by Crippen LogP contribution is -1.87. The number of benzene rings is 1. The van der Waals surface area contributed by atoms with Crippen molar-refractivity contribution in [3.05, 3.63) is 53.7 Å². The molecule has 76 valence electrons. The highest BCUT2D eigenvalue weighted by Gasteiger charge is 1.98. The van der Waals surface area contributed by atoms with Crippen LogP contribution in [0, 0.1) is 6.92 Å². The number of nitrogens with zero attached hydrogens (tertiary/aromatic N) is 1. The Morgan fingerprint density at radius 3 is 2.40 bits per heavy atom. The first-order valence-electron chi connectivity index (χ1n) is 4.93. The Balaban J connectivity index is 2.37. The molecule has 1 aromatic carbocycles. The maximum absolute atomic E-state index is 8.93. The number of aliphatic hydroxyl groups is 1. The lowest BCUT2D eigenvalue weighted by Gasteiger charge is -2.02. The van der Waals surface area contributed by atoms with E-state index in [-0.39, 0.29) is 6.61 Å². The number of aryl methyl sites for hydroxylation is 1. The second-order valence-electron chi connectivity index (χ2n) is 3.52. The number of hydrogen-bond acceptors (Lipinski definition) is 2. The fourth-order valence-electron chi connectivity index (χ4n) is 1.48. The molecule has 2 heteroatoms. The Kier molecular flexibility index (Phi) is 2.79. The minimum absolute atomic E-state index is 0.0848. The molecule has 0 fully saturated rings. The van der Waals surface area contributed by atoms with Gasteiger partial charge in [-0.2, -0.15) is 0 Å². The van der Waals surface area contributed by atoms with Gasteiger partial charge in [-0.1, -0.05) is 30.3 Å². The maximum Gasteiger partial charge on any atom is 0.0705 e. The predicted molar refractivity (Wildman–Crippen MR) is 60.3 cm³/mol. The number of aromatic nitrogens is 1. The van der Waals surface area contributed by atoms with E-state index in [4.69, 9.17) is 5.11 Å². The molecule has 0 radical (unpaired) electrons. The smallest absolute Gasteiger partial charge is 0.0705 e. The summed E-state index contributed by atoms with van der Waals surface area (Å²) in [5.41, 5.74) is 3.99. The zero-order valence-electron chi connectivity index (χ0n) is 8.64. The molecule has 0 aliphatic carbocycles. The molecule has 15 heavy (non-hydrogen) atoms. The summed E-state index contributed by atoms with van der Waals surface area (Å²) in [6.45, 7) is 2.06. The van der Waals surface area contributed by atoms with Crippen molar-refractivity contribution in [2.75, 3.05) is 0 Å². The van der Waals surface area contributed by atoms with Gasteiger partial charge in [-0.3, -0.25) is 4.98 Å². The molecular formula is C13H13NO. The molecule has 0 amide bonds. The van der Waals surface area contributed by atoms with Crippen molar-refractivity contribution in [1.29, 1.82) is 0 Å². The molecule has 2 rings (SSSR count). The van der Waals surface area contributed by atoms with E-state index in [2.05, 4.69) is 4.98 Å². The van der Waals surface area contributed by atoms with Crippen LogP contribution in [-0.2, 0) is 6.61 Å². The van der Waals surface area contributed by atoms with Gasteiger partial charge in [-0.25, -0.2) is 0 Å². The van der Waals surface area contributed by atoms with Gasteiger partial charge in [0.25, 0.3) is 0 Å². The Bertz CT molecular complexity index is 448. The van der Waals surface area contributed by atoms with Crippen molar-refractivity contribution in [2.24, 2.45) is 0 Å². The topological polar surface area (TPSA) is 33.1 Å². The lowest BCUT2D eigenvalue weighted by molar-refractivity contribution is 0.282. The number of rotatable bonds is 2. The fraction of sp³-hybridized carbons (Fsp3) is 0.154. The van der Waals surface area contributed by atoms with Crippen LogP contribution in [0.15, 0.2) is 42.5 Å². The molecule has 0 aliphatic heterocycles. The standard InChI is InChI=1S/C13H13NO/c1-10-3-2-4-13(14-10)12-7-5-11(9-15)6-8-12/h2-8,15H,9H2,1H3. The minimum atomic E-state index is 0.0848. The molecule has 0 unspecified atom stereocenters. The van der Waals surface area contributed by atoms with E-state index in [0.717, 1.165) is 22.5 Å². The molecule has 0 atom stereocenters. The quantitative estimate of drug-likeness (QED) is 0.806. The molecule has 0 spiro atoms. The molecule has 1 heterocycles. The molecule has 2 nitrogen and oxygen atoms in total. The second-order valence-corrected chi connectivity index (χ2v) is 3.52. The van der Waals surface area contributed by atoms with Crippen molar-refractivity contribution in [3.8, 4) is 11.3 Å². The average molecular weight is 199 g/mol. The molecule has 0 aliphatic rings. The summed E-state index contributed by atoms with van der Waals surface area (Å²) < 4.78 is 0. The summed E-state index contributed by atoms with van der Waals surface area (Å²) in [5.74, 6) is 0. The van der Waals surface area contributed by atoms with Gasteiger partial charge in [-0.05, 0) is 24.6 Å². The van der Waals surface area contributed by atoms with Crippen LogP contribution < -0.4 is 0 Å². The summed E-state index contributed by atoms with van der Waals surface area (Å²) in [7, 11) is 0. The first-order chi connectivity index (χ1) is 7.29. The first-order valence-corrected chi connectivity index (χ1v) is 4.93. The number of pyridine rings is 1. The first kappa shape index (κ1) is 9.87. The number of aliphatic hydroxyl groups excluding tert-OH is 1. The van der Waals surface area contributed by atoms with Crippen molar-refractivity contribution >= 4 is 0 Å². The van der Waals surface area contributed by atoms with Gasteiger partial charge in [0, 0.05) is 11.3 Å². The van der Waals surface area contributed by atoms with Gasteiger partial charge in [0.2, 0.25) is 0 Å². The molecule has 0 saturated carbocycles. The van der Waals surface area contributed by atoms with E-state index in [1.807, 2.05) is 49.4 Å². The highest BCUT2D eigenvalue weighted by molar-refractivity contribution is 5.59. The van der Waals surface area contributed by atoms with E-state index >= 15 is 0 Å². The highest BCUT2D eigenvalue weighted by atomic mass is 16.3. The van der Waals surface area contributed by atoms with Crippen LogP contribution in [0.25, 0.3) is 11.3 Å². The maximum atomic E-state index is 8.93.